The molecule has 1 heterocycles. The smallest absolute Gasteiger partial charge is 0.338 e. The van der Waals surface area contributed by atoms with Gasteiger partial charge in [0.2, 0.25) is 0 Å². The molecule has 1 aliphatic heterocycles. The molecule has 0 bridgehead atoms. The van der Waals surface area contributed by atoms with Gasteiger partial charge in [-0.05, 0) is 68.0 Å². The van der Waals surface area contributed by atoms with Gasteiger partial charge in [0, 0.05) is 23.7 Å². The van der Waals surface area contributed by atoms with Crippen LogP contribution in [-0.4, -0.2) is 51.1 Å². The standard InChI is InChI=1S/C25H32N2O5S2/c1-3-4-17-32-25(29)19-9-11-20(12-10-19)26-34(30,31)21-13-14-23(33-2)22(18-21)24(28)27-15-7-5-6-8-16-27/h9-14,18,26H,3-8,15-17H2,1-2H3. The van der Waals surface area contributed by atoms with Crippen LogP contribution in [0.5, 0.6) is 0 Å². The number of rotatable bonds is 9. The number of nitrogens with zero attached hydrogens (tertiary/aromatic N) is 1. The molecule has 34 heavy (non-hydrogen) atoms. The lowest BCUT2D eigenvalue weighted by atomic mass is 10.2. The van der Waals surface area contributed by atoms with Crippen LogP contribution in [-0.2, 0) is 14.8 Å². The number of amides is 1. The SMILES string of the molecule is CCCCOC(=O)c1ccc(NS(=O)(=O)c2ccc(SC)c(C(=O)N3CCCCCC3)c2)cc1. The number of sulfonamides is 1. The van der Waals surface area contributed by atoms with Crippen molar-refractivity contribution in [2.24, 2.45) is 0 Å². The molecule has 0 aromatic heterocycles. The van der Waals surface area contributed by atoms with E-state index >= 15 is 0 Å². The third kappa shape index (κ3) is 6.76. The fourth-order valence-electron chi connectivity index (χ4n) is 3.75. The van der Waals surface area contributed by atoms with Crippen LogP contribution >= 0.6 is 11.8 Å². The Labute approximate surface area is 206 Å². The van der Waals surface area contributed by atoms with Crippen molar-refractivity contribution in [2.45, 2.75) is 55.2 Å². The molecule has 1 saturated heterocycles. The highest BCUT2D eigenvalue weighted by Gasteiger charge is 2.23. The van der Waals surface area contributed by atoms with E-state index in [2.05, 4.69) is 4.72 Å². The predicted molar refractivity (Wildman–Crippen MR) is 135 cm³/mol. The molecule has 1 amide bonds. The topological polar surface area (TPSA) is 92.8 Å². The van der Waals surface area contributed by atoms with E-state index < -0.39 is 16.0 Å². The van der Waals surface area contributed by atoms with Crippen molar-refractivity contribution in [3.05, 3.63) is 53.6 Å². The third-order valence-electron chi connectivity index (χ3n) is 5.71. The summed E-state index contributed by atoms with van der Waals surface area (Å²) >= 11 is 1.42. The van der Waals surface area contributed by atoms with Crippen molar-refractivity contribution in [1.29, 1.82) is 0 Å². The molecule has 0 saturated carbocycles. The van der Waals surface area contributed by atoms with Crippen LogP contribution in [0.3, 0.4) is 0 Å². The van der Waals surface area contributed by atoms with Gasteiger partial charge in [0.15, 0.2) is 0 Å². The lowest BCUT2D eigenvalue weighted by Crippen LogP contribution is -2.32. The lowest BCUT2D eigenvalue weighted by Gasteiger charge is -2.22. The number of benzene rings is 2. The summed E-state index contributed by atoms with van der Waals surface area (Å²) in [6.07, 6.45) is 7.72. The molecule has 1 fully saturated rings. The summed E-state index contributed by atoms with van der Waals surface area (Å²) in [5.74, 6) is -0.568. The van der Waals surface area contributed by atoms with Gasteiger partial charge in [0.1, 0.15) is 0 Å². The summed E-state index contributed by atoms with van der Waals surface area (Å²) in [5.41, 5.74) is 1.08. The van der Waals surface area contributed by atoms with Gasteiger partial charge in [0.05, 0.1) is 22.6 Å². The molecule has 3 rings (SSSR count). The number of hydrogen-bond donors (Lipinski definition) is 1. The molecule has 7 nitrogen and oxygen atoms in total. The number of unbranched alkanes of at least 4 members (excludes halogenated alkanes) is 1. The molecule has 184 valence electrons. The Morgan fingerprint density at radius 3 is 2.32 bits per heavy atom. The maximum Gasteiger partial charge on any atom is 0.338 e. The average Bonchev–Trinajstić information content (AvgIpc) is 3.13. The number of likely N-dealkylation sites (tertiary alicyclic amines) is 1. The van der Waals surface area contributed by atoms with Crippen molar-refractivity contribution in [1.82, 2.24) is 4.90 Å². The van der Waals surface area contributed by atoms with Gasteiger partial charge >= 0.3 is 5.97 Å². The first-order chi connectivity index (χ1) is 16.4. The Morgan fingerprint density at radius 1 is 1.03 bits per heavy atom. The maximum atomic E-state index is 13.2. The summed E-state index contributed by atoms with van der Waals surface area (Å²) < 4.78 is 33.8. The molecule has 1 N–H and O–H groups in total. The number of carbonyl (C=O) groups excluding carboxylic acids is 2. The fourth-order valence-corrected chi connectivity index (χ4v) is 5.40. The molecule has 0 radical (unpaired) electrons. The molecule has 0 atom stereocenters. The van der Waals surface area contributed by atoms with Crippen molar-refractivity contribution < 1.29 is 22.7 Å². The highest BCUT2D eigenvalue weighted by atomic mass is 32.2. The Bertz CT molecular complexity index is 1090. The molecule has 2 aromatic rings. The summed E-state index contributed by atoms with van der Waals surface area (Å²) in [6.45, 7) is 3.75. The molecular weight excluding hydrogens is 472 g/mol. The first-order valence-corrected chi connectivity index (χ1v) is 14.3. The van der Waals surface area contributed by atoms with E-state index in [0.29, 0.717) is 36.5 Å². The maximum absolute atomic E-state index is 13.2. The van der Waals surface area contributed by atoms with E-state index in [1.54, 1.807) is 6.07 Å². The minimum Gasteiger partial charge on any atom is -0.462 e. The van der Waals surface area contributed by atoms with Gasteiger partial charge in [-0.2, -0.15) is 0 Å². The van der Waals surface area contributed by atoms with Crippen LogP contribution in [0.1, 0.15) is 66.2 Å². The number of thioether (sulfide) groups is 1. The Balaban J connectivity index is 1.77. The van der Waals surface area contributed by atoms with Crippen molar-refractivity contribution in [3.63, 3.8) is 0 Å². The number of carbonyl (C=O) groups is 2. The van der Waals surface area contributed by atoms with Crippen LogP contribution < -0.4 is 4.72 Å². The first-order valence-electron chi connectivity index (χ1n) is 11.6. The van der Waals surface area contributed by atoms with E-state index in [-0.39, 0.29) is 10.8 Å². The van der Waals surface area contributed by atoms with Gasteiger partial charge in [0.25, 0.3) is 15.9 Å². The van der Waals surface area contributed by atoms with Crippen LogP contribution in [0.4, 0.5) is 5.69 Å². The van der Waals surface area contributed by atoms with E-state index in [0.717, 1.165) is 43.4 Å². The number of nitrogens with one attached hydrogen (secondary N) is 1. The Morgan fingerprint density at radius 2 is 1.71 bits per heavy atom. The zero-order valence-electron chi connectivity index (χ0n) is 19.7. The minimum absolute atomic E-state index is 0.0199. The van der Waals surface area contributed by atoms with E-state index in [4.69, 9.17) is 4.74 Å². The number of anilines is 1. The Hall–Kier alpha value is -2.52. The molecule has 9 heteroatoms. The third-order valence-corrected chi connectivity index (χ3v) is 7.88. The summed E-state index contributed by atoms with van der Waals surface area (Å²) in [4.78, 5) is 27.9. The monoisotopic (exact) mass is 504 g/mol. The molecule has 0 aliphatic carbocycles. The molecule has 0 unspecified atom stereocenters. The molecular formula is C25H32N2O5S2. The second-order valence-electron chi connectivity index (χ2n) is 8.24. The van der Waals surface area contributed by atoms with Crippen molar-refractivity contribution >= 4 is 39.3 Å². The van der Waals surface area contributed by atoms with Gasteiger partial charge < -0.3 is 9.64 Å². The van der Waals surface area contributed by atoms with Gasteiger partial charge in [-0.1, -0.05) is 26.2 Å². The number of hydrogen-bond acceptors (Lipinski definition) is 6. The van der Waals surface area contributed by atoms with Crippen LogP contribution in [0.15, 0.2) is 52.3 Å². The first kappa shape index (κ1) is 26.1. The summed E-state index contributed by atoms with van der Waals surface area (Å²) in [6, 6.07) is 10.7. The zero-order valence-corrected chi connectivity index (χ0v) is 21.3. The summed E-state index contributed by atoms with van der Waals surface area (Å²) in [7, 11) is -3.93. The predicted octanol–water partition coefficient (Wildman–Crippen LogP) is 5.18. The van der Waals surface area contributed by atoms with E-state index in [1.165, 1.54) is 48.2 Å². The van der Waals surface area contributed by atoms with Gasteiger partial charge in [-0.25, -0.2) is 13.2 Å². The quantitative estimate of drug-likeness (QED) is 0.287. The van der Waals surface area contributed by atoms with Crippen LogP contribution in [0.25, 0.3) is 0 Å². The van der Waals surface area contributed by atoms with Crippen LogP contribution in [0.2, 0.25) is 0 Å². The number of ether oxygens (including phenoxy) is 1. The normalized spacial score (nSPS) is 14.4. The molecule has 0 spiro atoms. The van der Waals surface area contributed by atoms with Gasteiger partial charge in [-0.3, -0.25) is 9.52 Å². The Kier molecular flexibility index (Phi) is 9.41. The average molecular weight is 505 g/mol. The fraction of sp³-hybridized carbons (Fsp3) is 0.440. The highest BCUT2D eigenvalue weighted by Crippen LogP contribution is 2.27. The highest BCUT2D eigenvalue weighted by molar-refractivity contribution is 7.98. The van der Waals surface area contributed by atoms with Crippen LogP contribution in [0, 0.1) is 0 Å². The number of esters is 1. The van der Waals surface area contributed by atoms with Gasteiger partial charge in [-0.15, -0.1) is 11.8 Å². The zero-order chi connectivity index (χ0) is 24.6. The van der Waals surface area contributed by atoms with Crippen molar-refractivity contribution in [3.8, 4) is 0 Å². The second kappa shape index (κ2) is 12.3. The lowest BCUT2D eigenvalue weighted by molar-refractivity contribution is 0.0499. The molecule has 2 aromatic carbocycles. The molecule has 1 aliphatic rings. The largest absolute Gasteiger partial charge is 0.462 e. The van der Waals surface area contributed by atoms with Crippen molar-refractivity contribution in [2.75, 3.05) is 30.7 Å². The van der Waals surface area contributed by atoms with E-state index in [1.807, 2.05) is 18.1 Å². The minimum atomic E-state index is -3.93. The second-order valence-corrected chi connectivity index (χ2v) is 10.8. The van der Waals surface area contributed by atoms with E-state index in [9.17, 15) is 18.0 Å². The summed E-state index contributed by atoms with van der Waals surface area (Å²) in [5, 5.41) is 0.